The molecule has 1 fully saturated rings. The highest BCUT2D eigenvalue weighted by Crippen LogP contribution is 2.23. The molecule has 3 unspecified atom stereocenters. The van der Waals surface area contributed by atoms with Crippen LogP contribution in [0.15, 0.2) is 6.33 Å². The topological polar surface area (TPSA) is 60.2 Å². The number of rotatable bonds is 4. The quantitative estimate of drug-likeness (QED) is 0.861. The minimum Gasteiger partial charge on any atom is -0.390 e. The van der Waals surface area contributed by atoms with Gasteiger partial charge in [0.15, 0.2) is 0 Å². The lowest BCUT2D eigenvalue weighted by Crippen LogP contribution is -2.29. The van der Waals surface area contributed by atoms with E-state index >= 15 is 0 Å². The number of hydrogen-bond donors (Lipinski definition) is 1. The highest BCUT2D eigenvalue weighted by molar-refractivity contribution is 4.92. The van der Waals surface area contributed by atoms with Crippen LogP contribution >= 0.6 is 0 Å². The van der Waals surface area contributed by atoms with Crippen LogP contribution in [0.4, 0.5) is 0 Å². The Morgan fingerprint density at radius 2 is 2.29 bits per heavy atom. The van der Waals surface area contributed by atoms with Crippen molar-refractivity contribution in [2.45, 2.75) is 64.4 Å². The van der Waals surface area contributed by atoms with Crippen molar-refractivity contribution in [2.24, 2.45) is 0 Å². The molecule has 1 aliphatic heterocycles. The highest BCUT2D eigenvalue weighted by atomic mass is 16.5. The van der Waals surface area contributed by atoms with Crippen LogP contribution in [0, 0.1) is 0 Å². The molecule has 17 heavy (non-hydrogen) atoms. The highest BCUT2D eigenvalue weighted by Gasteiger charge is 2.29. The van der Waals surface area contributed by atoms with Gasteiger partial charge in [0, 0.05) is 12.5 Å². The van der Waals surface area contributed by atoms with Gasteiger partial charge in [-0.15, -0.1) is 0 Å². The summed E-state index contributed by atoms with van der Waals surface area (Å²) in [7, 11) is 0. The molecule has 0 spiro atoms. The van der Waals surface area contributed by atoms with E-state index in [1.165, 1.54) is 0 Å². The fraction of sp³-hybridized carbons (Fsp3) is 0.833. The number of aliphatic hydroxyl groups is 1. The summed E-state index contributed by atoms with van der Waals surface area (Å²) in [5.41, 5.74) is 0. The monoisotopic (exact) mass is 239 g/mol. The summed E-state index contributed by atoms with van der Waals surface area (Å²) in [4.78, 5) is 4.20. The van der Waals surface area contributed by atoms with Crippen LogP contribution in [0.5, 0.6) is 0 Å². The lowest BCUT2D eigenvalue weighted by Gasteiger charge is -2.19. The molecular formula is C12H21N3O2. The zero-order valence-electron chi connectivity index (χ0n) is 10.7. The lowest BCUT2D eigenvalue weighted by atomic mass is 10.1. The summed E-state index contributed by atoms with van der Waals surface area (Å²) < 4.78 is 7.51. The van der Waals surface area contributed by atoms with E-state index in [1.54, 1.807) is 6.33 Å². The molecule has 96 valence electrons. The van der Waals surface area contributed by atoms with Crippen molar-refractivity contribution in [2.75, 3.05) is 0 Å². The molecule has 0 aromatic carbocycles. The third kappa shape index (κ3) is 2.84. The second-order valence-corrected chi connectivity index (χ2v) is 5.05. The van der Waals surface area contributed by atoms with Gasteiger partial charge in [-0.2, -0.15) is 5.10 Å². The zero-order chi connectivity index (χ0) is 12.4. The Morgan fingerprint density at radius 1 is 1.53 bits per heavy atom. The molecule has 1 aliphatic rings. The average Bonchev–Trinajstić information content (AvgIpc) is 2.86. The van der Waals surface area contributed by atoms with Crippen molar-refractivity contribution >= 4 is 0 Å². The Morgan fingerprint density at radius 3 is 2.88 bits per heavy atom. The zero-order valence-corrected chi connectivity index (χ0v) is 10.7. The predicted molar refractivity (Wildman–Crippen MR) is 63.7 cm³/mol. The summed E-state index contributed by atoms with van der Waals surface area (Å²) in [5, 5.41) is 14.3. The summed E-state index contributed by atoms with van der Waals surface area (Å²) in [6.07, 6.45) is 3.73. The van der Waals surface area contributed by atoms with E-state index in [1.807, 2.05) is 11.6 Å². The number of aromatic nitrogens is 3. The Hall–Kier alpha value is -0.940. The molecule has 1 aromatic rings. The van der Waals surface area contributed by atoms with E-state index in [0.29, 0.717) is 6.42 Å². The van der Waals surface area contributed by atoms with Gasteiger partial charge in [-0.25, -0.2) is 9.67 Å². The van der Waals surface area contributed by atoms with Gasteiger partial charge in [-0.05, 0) is 33.6 Å². The molecule has 0 bridgehead atoms. The third-order valence-electron chi connectivity index (χ3n) is 3.22. The number of nitrogens with zero attached hydrogens (tertiary/aromatic N) is 3. The average molecular weight is 239 g/mol. The lowest BCUT2D eigenvalue weighted by molar-refractivity contribution is -0.0289. The van der Waals surface area contributed by atoms with Crippen LogP contribution in [0.3, 0.4) is 0 Å². The van der Waals surface area contributed by atoms with Gasteiger partial charge in [0.25, 0.3) is 0 Å². The molecule has 1 aromatic heterocycles. The minimum atomic E-state index is -0.485. The maximum Gasteiger partial charge on any atom is 0.138 e. The number of aliphatic hydroxyl groups excluding tert-OH is 1. The Bertz CT molecular complexity index is 364. The Kier molecular flexibility index (Phi) is 3.79. The maximum absolute atomic E-state index is 10.1. The summed E-state index contributed by atoms with van der Waals surface area (Å²) in [5.74, 6) is 0.829. The van der Waals surface area contributed by atoms with E-state index in [0.717, 1.165) is 18.7 Å². The molecule has 5 nitrogen and oxygen atoms in total. The first-order valence-electron chi connectivity index (χ1n) is 6.30. The van der Waals surface area contributed by atoms with Crippen molar-refractivity contribution in [3.63, 3.8) is 0 Å². The molecule has 0 saturated carbocycles. The van der Waals surface area contributed by atoms with Gasteiger partial charge in [0.05, 0.1) is 18.3 Å². The van der Waals surface area contributed by atoms with Crippen molar-refractivity contribution in [3.05, 3.63) is 12.2 Å². The summed E-state index contributed by atoms with van der Waals surface area (Å²) in [6, 6.07) is 0.267. The normalized spacial score (nSPS) is 26.6. The first kappa shape index (κ1) is 12.5. The largest absolute Gasteiger partial charge is 0.390 e. The van der Waals surface area contributed by atoms with Crippen LogP contribution in [0.25, 0.3) is 0 Å². The molecule has 2 heterocycles. The molecule has 1 saturated heterocycles. The molecule has 0 radical (unpaired) electrons. The van der Waals surface area contributed by atoms with E-state index < -0.39 is 6.10 Å². The fourth-order valence-electron chi connectivity index (χ4n) is 2.29. The summed E-state index contributed by atoms with van der Waals surface area (Å²) >= 11 is 0. The van der Waals surface area contributed by atoms with Gasteiger partial charge >= 0.3 is 0 Å². The van der Waals surface area contributed by atoms with Crippen LogP contribution in [-0.2, 0) is 11.2 Å². The third-order valence-corrected chi connectivity index (χ3v) is 3.22. The van der Waals surface area contributed by atoms with Crippen molar-refractivity contribution in [1.29, 1.82) is 0 Å². The Labute approximate surface area is 102 Å². The number of hydrogen-bond acceptors (Lipinski definition) is 4. The predicted octanol–water partition coefficient (Wildman–Crippen LogP) is 1.33. The first-order chi connectivity index (χ1) is 8.08. The molecule has 0 aliphatic carbocycles. The van der Waals surface area contributed by atoms with Crippen LogP contribution in [-0.4, -0.2) is 38.2 Å². The van der Waals surface area contributed by atoms with E-state index in [2.05, 4.69) is 23.9 Å². The summed E-state index contributed by atoms with van der Waals surface area (Å²) in [6.45, 7) is 6.15. The first-order valence-corrected chi connectivity index (χ1v) is 6.30. The smallest absolute Gasteiger partial charge is 0.138 e. The minimum absolute atomic E-state index is 0.0534. The van der Waals surface area contributed by atoms with Crippen LogP contribution in [0.1, 0.15) is 45.5 Å². The standard InChI is InChI=1S/C12H21N3O2/c1-8(2)15-12(13-7-14-15)6-10(16)11-5-4-9(3)17-11/h7-11,16H,4-6H2,1-3H3. The van der Waals surface area contributed by atoms with Crippen molar-refractivity contribution in [1.82, 2.24) is 14.8 Å². The van der Waals surface area contributed by atoms with Crippen LogP contribution < -0.4 is 0 Å². The number of ether oxygens (including phenoxy) is 1. The second-order valence-electron chi connectivity index (χ2n) is 5.05. The van der Waals surface area contributed by atoms with Crippen LogP contribution in [0.2, 0.25) is 0 Å². The van der Waals surface area contributed by atoms with Crippen molar-refractivity contribution in [3.8, 4) is 0 Å². The maximum atomic E-state index is 10.1. The van der Waals surface area contributed by atoms with Gasteiger partial charge in [-0.3, -0.25) is 0 Å². The second kappa shape index (κ2) is 5.14. The van der Waals surface area contributed by atoms with E-state index in [-0.39, 0.29) is 18.2 Å². The van der Waals surface area contributed by atoms with Gasteiger partial charge in [0.2, 0.25) is 0 Å². The van der Waals surface area contributed by atoms with Crippen molar-refractivity contribution < 1.29 is 9.84 Å². The fourth-order valence-corrected chi connectivity index (χ4v) is 2.29. The molecule has 3 atom stereocenters. The molecule has 0 amide bonds. The molecule has 5 heteroatoms. The molecular weight excluding hydrogens is 218 g/mol. The SMILES string of the molecule is CC1CCC(C(O)Cc2ncnn2C(C)C)O1. The van der Waals surface area contributed by atoms with Gasteiger partial charge in [0.1, 0.15) is 12.2 Å². The van der Waals surface area contributed by atoms with Gasteiger partial charge in [-0.1, -0.05) is 0 Å². The van der Waals surface area contributed by atoms with Gasteiger partial charge < -0.3 is 9.84 Å². The van der Waals surface area contributed by atoms with E-state index in [4.69, 9.17) is 4.74 Å². The molecule has 1 N–H and O–H groups in total. The Balaban J connectivity index is 1.98. The van der Waals surface area contributed by atoms with E-state index in [9.17, 15) is 5.11 Å². The molecule has 2 rings (SSSR count).